The summed E-state index contributed by atoms with van der Waals surface area (Å²) in [7, 11) is 3.24. The van der Waals surface area contributed by atoms with E-state index >= 15 is 0 Å². The first-order valence-electron chi connectivity index (χ1n) is 7.45. The van der Waals surface area contributed by atoms with E-state index in [9.17, 15) is 9.18 Å². The second-order valence-electron chi connectivity index (χ2n) is 5.52. The number of nitrogens with zero attached hydrogens (tertiary/aromatic N) is 3. The van der Waals surface area contributed by atoms with Crippen molar-refractivity contribution < 1.29 is 13.9 Å². The normalized spacial score (nSPS) is 17.8. The number of hydrogen-bond donors (Lipinski definition) is 1. The molecule has 2 heterocycles. The van der Waals surface area contributed by atoms with E-state index in [2.05, 4.69) is 10.4 Å². The van der Waals surface area contributed by atoms with Gasteiger partial charge in [0.15, 0.2) is 11.6 Å². The van der Waals surface area contributed by atoms with Crippen LogP contribution in [0.1, 0.15) is 12.0 Å². The van der Waals surface area contributed by atoms with Gasteiger partial charge in [-0.1, -0.05) is 12.1 Å². The Morgan fingerprint density at radius 3 is 3.00 bits per heavy atom. The third kappa shape index (κ3) is 3.05. The van der Waals surface area contributed by atoms with Crippen LogP contribution in [0, 0.1) is 5.82 Å². The molecular formula is C16H19FN4O2. The maximum Gasteiger partial charge on any atom is 0.244 e. The maximum absolute atomic E-state index is 14.1. The summed E-state index contributed by atoms with van der Waals surface area (Å²) in [5.74, 6) is -0.197. The molecule has 2 aromatic rings. The summed E-state index contributed by atoms with van der Waals surface area (Å²) in [5, 5.41) is 7.22. The molecule has 1 unspecified atom stereocenters. The Kier molecular flexibility index (Phi) is 4.29. The molecule has 1 saturated heterocycles. The van der Waals surface area contributed by atoms with Crippen molar-refractivity contribution in [1.82, 2.24) is 15.1 Å². The highest BCUT2D eigenvalue weighted by Crippen LogP contribution is 2.22. The van der Waals surface area contributed by atoms with Gasteiger partial charge in [0.05, 0.1) is 25.0 Å². The molecule has 3 rings (SSSR count). The van der Waals surface area contributed by atoms with E-state index in [0.29, 0.717) is 18.5 Å². The number of rotatable bonds is 5. The van der Waals surface area contributed by atoms with Gasteiger partial charge >= 0.3 is 0 Å². The number of halogens is 1. The van der Waals surface area contributed by atoms with Crippen LogP contribution < -0.4 is 15.0 Å². The molecule has 1 aliphatic heterocycles. The Hall–Kier alpha value is -2.41. The molecule has 0 radical (unpaired) electrons. The van der Waals surface area contributed by atoms with Crippen molar-refractivity contribution in [3.05, 3.63) is 42.0 Å². The first-order valence-corrected chi connectivity index (χ1v) is 7.45. The van der Waals surface area contributed by atoms with E-state index in [1.165, 1.54) is 7.11 Å². The predicted molar refractivity (Wildman–Crippen MR) is 83.8 cm³/mol. The number of ether oxygens (including phenoxy) is 1. The zero-order valence-corrected chi connectivity index (χ0v) is 13.1. The number of aryl methyl sites for hydroxylation is 1. The highest BCUT2D eigenvalue weighted by atomic mass is 19.1. The van der Waals surface area contributed by atoms with Crippen LogP contribution >= 0.6 is 0 Å². The summed E-state index contributed by atoms with van der Waals surface area (Å²) >= 11 is 0. The predicted octanol–water partition coefficient (Wildman–Crippen LogP) is 1.46. The third-order valence-electron chi connectivity index (χ3n) is 4.01. The molecule has 23 heavy (non-hydrogen) atoms. The Balaban J connectivity index is 1.65. The number of nitrogens with one attached hydrogen (secondary N) is 1. The van der Waals surface area contributed by atoms with Gasteiger partial charge in [0.1, 0.15) is 0 Å². The van der Waals surface area contributed by atoms with Gasteiger partial charge in [0.2, 0.25) is 5.91 Å². The van der Waals surface area contributed by atoms with Crippen molar-refractivity contribution in [2.24, 2.45) is 7.05 Å². The average Bonchev–Trinajstić information content (AvgIpc) is 3.12. The summed E-state index contributed by atoms with van der Waals surface area (Å²) in [6, 6.07) is 4.67. The Morgan fingerprint density at radius 1 is 1.48 bits per heavy atom. The van der Waals surface area contributed by atoms with Crippen molar-refractivity contribution in [2.75, 3.05) is 18.6 Å². The van der Waals surface area contributed by atoms with Crippen LogP contribution in [-0.2, 0) is 18.4 Å². The fraction of sp³-hybridized carbons (Fsp3) is 0.375. The lowest BCUT2D eigenvalue weighted by Crippen LogP contribution is -2.38. The molecule has 1 aliphatic rings. The molecule has 0 aliphatic carbocycles. The van der Waals surface area contributed by atoms with Gasteiger partial charge in [0, 0.05) is 31.9 Å². The number of anilines is 1. The summed E-state index contributed by atoms with van der Waals surface area (Å²) in [5.41, 5.74) is 1.27. The molecule has 7 heteroatoms. The van der Waals surface area contributed by atoms with Crippen LogP contribution in [0.5, 0.6) is 5.75 Å². The quantitative estimate of drug-likeness (QED) is 0.907. The average molecular weight is 318 g/mol. The Morgan fingerprint density at radius 2 is 2.30 bits per heavy atom. The number of carbonyl (C=O) groups excluding carboxylic acids is 1. The number of amides is 1. The summed E-state index contributed by atoms with van der Waals surface area (Å²) in [6.45, 7) is 0.906. The van der Waals surface area contributed by atoms with Crippen molar-refractivity contribution in [1.29, 1.82) is 0 Å². The minimum atomic E-state index is -0.392. The molecule has 1 atom stereocenters. The lowest BCUT2D eigenvalue weighted by Gasteiger charge is -2.15. The topological polar surface area (TPSA) is 59.4 Å². The zero-order valence-electron chi connectivity index (χ0n) is 13.1. The molecule has 0 saturated carbocycles. The first kappa shape index (κ1) is 15.5. The van der Waals surface area contributed by atoms with E-state index in [1.807, 2.05) is 13.2 Å². The van der Waals surface area contributed by atoms with E-state index in [4.69, 9.17) is 4.74 Å². The molecule has 1 aromatic heterocycles. The van der Waals surface area contributed by atoms with Crippen molar-refractivity contribution >= 4 is 11.6 Å². The van der Waals surface area contributed by atoms with E-state index in [-0.39, 0.29) is 24.2 Å². The van der Waals surface area contributed by atoms with Crippen LogP contribution in [0.4, 0.5) is 10.1 Å². The SMILES string of the molecule is COc1cccc(CNC2CCN(c3cnn(C)c3)C2=O)c1F. The molecule has 1 fully saturated rings. The van der Waals surface area contributed by atoms with Gasteiger partial charge in [-0.05, 0) is 12.5 Å². The van der Waals surface area contributed by atoms with E-state index in [1.54, 1.807) is 34.0 Å². The third-order valence-corrected chi connectivity index (χ3v) is 4.01. The molecule has 1 aromatic carbocycles. The van der Waals surface area contributed by atoms with Gasteiger partial charge in [-0.3, -0.25) is 9.48 Å². The Labute approximate surface area is 133 Å². The van der Waals surface area contributed by atoms with Crippen molar-refractivity contribution in [3.63, 3.8) is 0 Å². The summed E-state index contributed by atoms with van der Waals surface area (Å²) in [6.07, 6.45) is 4.16. The minimum absolute atomic E-state index is 0.0127. The maximum atomic E-state index is 14.1. The highest BCUT2D eigenvalue weighted by Gasteiger charge is 2.32. The zero-order chi connectivity index (χ0) is 16.4. The second kappa shape index (κ2) is 6.37. The molecule has 1 N–H and O–H groups in total. The summed E-state index contributed by atoms with van der Waals surface area (Å²) in [4.78, 5) is 14.2. The van der Waals surface area contributed by atoms with E-state index in [0.717, 1.165) is 5.69 Å². The number of methoxy groups -OCH3 is 1. The van der Waals surface area contributed by atoms with Gasteiger partial charge in [0.25, 0.3) is 0 Å². The summed E-state index contributed by atoms with van der Waals surface area (Å²) < 4.78 is 20.7. The molecular weight excluding hydrogens is 299 g/mol. The van der Waals surface area contributed by atoms with Crippen LogP contribution in [0.2, 0.25) is 0 Å². The monoisotopic (exact) mass is 318 g/mol. The smallest absolute Gasteiger partial charge is 0.244 e. The molecule has 6 nitrogen and oxygen atoms in total. The van der Waals surface area contributed by atoms with Crippen molar-refractivity contribution in [2.45, 2.75) is 19.0 Å². The number of aromatic nitrogens is 2. The first-order chi connectivity index (χ1) is 11.1. The molecule has 0 bridgehead atoms. The minimum Gasteiger partial charge on any atom is -0.494 e. The lowest BCUT2D eigenvalue weighted by atomic mass is 10.1. The van der Waals surface area contributed by atoms with Crippen molar-refractivity contribution in [3.8, 4) is 5.75 Å². The number of carbonyl (C=O) groups is 1. The Bertz CT molecular complexity index is 716. The fourth-order valence-corrected chi connectivity index (χ4v) is 2.76. The standard InChI is InChI=1S/C16H19FN4O2/c1-20-10-12(9-19-20)21-7-6-13(16(21)22)18-8-11-4-3-5-14(23-2)15(11)17/h3-5,9-10,13,18H,6-8H2,1-2H3. The fourth-order valence-electron chi connectivity index (χ4n) is 2.76. The molecule has 122 valence electrons. The molecule has 1 amide bonds. The van der Waals surface area contributed by atoms with Crippen LogP contribution in [0.3, 0.4) is 0 Å². The lowest BCUT2D eigenvalue weighted by molar-refractivity contribution is -0.118. The van der Waals surface area contributed by atoms with Crippen LogP contribution in [-0.4, -0.2) is 35.4 Å². The van der Waals surface area contributed by atoms with Crippen LogP contribution in [0.15, 0.2) is 30.6 Å². The largest absolute Gasteiger partial charge is 0.494 e. The van der Waals surface area contributed by atoms with Gasteiger partial charge in [-0.2, -0.15) is 5.10 Å². The van der Waals surface area contributed by atoms with Crippen LogP contribution in [0.25, 0.3) is 0 Å². The van der Waals surface area contributed by atoms with Gasteiger partial charge in [-0.25, -0.2) is 4.39 Å². The number of hydrogen-bond acceptors (Lipinski definition) is 4. The highest BCUT2D eigenvalue weighted by molar-refractivity contribution is 5.99. The second-order valence-corrected chi connectivity index (χ2v) is 5.52. The van der Waals surface area contributed by atoms with Gasteiger partial charge in [-0.15, -0.1) is 0 Å². The number of benzene rings is 1. The molecule has 0 spiro atoms. The van der Waals surface area contributed by atoms with E-state index < -0.39 is 5.82 Å². The van der Waals surface area contributed by atoms with Gasteiger partial charge < -0.3 is 15.0 Å².